The molecule has 1 atom stereocenters. The van der Waals surface area contributed by atoms with Crippen molar-refractivity contribution in [1.82, 2.24) is 14.5 Å². The zero-order valence-electron chi connectivity index (χ0n) is 56.4. The minimum absolute atomic E-state index is 0.447. The van der Waals surface area contributed by atoms with E-state index in [1.807, 2.05) is 17.5 Å². The van der Waals surface area contributed by atoms with Gasteiger partial charge in [0, 0.05) is 38.5 Å². The van der Waals surface area contributed by atoms with E-state index in [1.54, 1.807) is 0 Å². The predicted molar refractivity (Wildman–Crippen MR) is 441 cm³/mol. The molecule has 0 aliphatic heterocycles. The number of rotatable bonds is 9. The van der Waals surface area contributed by atoms with Gasteiger partial charge < -0.3 is 0 Å². The highest BCUT2D eigenvalue weighted by atomic mass is 32.1. The van der Waals surface area contributed by atoms with Crippen LogP contribution in [0.25, 0.3) is 212 Å². The van der Waals surface area contributed by atoms with E-state index in [1.165, 1.54) is 162 Å². The van der Waals surface area contributed by atoms with Gasteiger partial charge in [-0.1, -0.05) is 268 Å². The standard InChI is InChI=1S/C99H63N3S/c1-60-15-14-24-79(51-60)102-91-28-13-12-27-90(91)101-99(102)66-35-29-65(30-36-66)71-41-45-83-87(57-71)95(76-39-33-63-18-4-8-22-69(63)54-76)84-46-42-72(58-88(84)96(83)77-40-34-64-19-5-9-23-70(64)55-77)73-44-48-92-86(56-73)85-49-50-100-97(98(85)103-92)78-43-47-82-89(59-78)94(75-38-32-62-17-3-7-21-68(62)53-75)81-26-11-10-25-80(81)93(82)74-37-31-61-16-2-6-20-67(61)52-74/h2-50,52-60H,51H2,1H3. The van der Waals surface area contributed by atoms with Gasteiger partial charge >= 0.3 is 0 Å². The van der Waals surface area contributed by atoms with E-state index in [-0.39, 0.29) is 0 Å². The number of benzene rings is 17. The second-order valence-corrected chi connectivity index (χ2v) is 29.0. The third kappa shape index (κ3) is 9.78. The number of para-hydroxylation sites is 2. The molecule has 0 N–H and O–H groups in total. The van der Waals surface area contributed by atoms with Crippen LogP contribution in [0.4, 0.5) is 0 Å². The van der Waals surface area contributed by atoms with E-state index < -0.39 is 0 Å². The summed E-state index contributed by atoms with van der Waals surface area (Å²) in [5, 5.41) is 21.9. The van der Waals surface area contributed by atoms with Gasteiger partial charge in [0.25, 0.3) is 0 Å². The fourth-order valence-electron chi connectivity index (χ4n) is 16.9. The molecule has 17 aromatic carbocycles. The van der Waals surface area contributed by atoms with Crippen molar-refractivity contribution in [3.8, 4) is 89.4 Å². The van der Waals surface area contributed by atoms with Gasteiger partial charge in [-0.15, -0.1) is 11.3 Å². The molecule has 3 aromatic heterocycles. The molecule has 480 valence electrons. The second-order valence-electron chi connectivity index (χ2n) is 28.0. The Morgan fingerprint density at radius 3 is 1.24 bits per heavy atom. The number of hydrogen-bond donors (Lipinski definition) is 0. The quantitative estimate of drug-likeness (QED) is 0.135. The SMILES string of the molecule is CC1C=CC=C(n2c(-c3ccc(-c4ccc5c(-c6ccc7ccccc7c6)c6cc(-c7ccc8sc9c(-c%10ccc%11c(-c%12ccc%13ccccc%13c%12)c%12ccccc%12c(-c%12ccc%13ccccc%13c%12)c%11c%10)nccc9c8c7)ccc6c(-c6ccc7ccccc7c6)c5c4)cc3)nc3ccccc32)C1. The van der Waals surface area contributed by atoms with Gasteiger partial charge in [0.2, 0.25) is 0 Å². The van der Waals surface area contributed by atoms with Crippen LogP contribution < -0.4 is 0 Å². The molecule has 1 unspecified atom stereocenters. The maximum atomic E-state index is 5.31. The molecule has 4 heteroatoms. The highest BCUT2D eigenvalue weighted by Crippen LogP contribution is 2.51. The van der Waals surface area contributed by atoms with Crippen LogP contribution in [0.2, 0.25) is 0 Å². The topological polar surface area (TPSA) is 30.7 Å². The van der Waals surface area contributed by atoms with Gasteiger partial charge in [0.05, 0.1) is 21.4 Å². The molecule has 103 heavy (non-hydrogen) atoms. The zero-order valence-corrected chi connectivity index (χ0v) is 57.3. The van der Waals surface area contributed by atoms with Crippen LogP contribution >= 0.6 is 11.3 Å². The van der Waals surface area contributed by atoms with Crippen molar-refractivity contribution in [3.63, 3.8) is 0 Å². The van der Waals surface area contributed by atoms with Gasteiger partial charge in [-0.25, -0.2) is 4.98 Å². The van der Waals surface area contributed by atoms with Crippen LogP contribution in [0.1, 0.15) is 13.3 Å². The summed E-state index contributed by atoms with van der Waals surface area (Å²) in [5.41, 5.74) is 20.9. The van der Waals surface area contributed by atoms with Gasteiger partial charge in [-0.2, -0.15) is 0 Å². The Bertz CT molecular complexity index is 7040. The molecule has 0 saturated heterocycles. The number of fused-ring (bicyclic) bond motifs is 12. The minimum atomic E-state index is 0.447. The molecule has 1 aliphatic rings. The number of thiophene rings is 1. The summed E-state index contributed by atoms with van der Waals surface area (Å²) in [6, 6.07) is 120. The summed E-state index contributed by atoms with van der Waals surface area (Å²) < 4.78 is 4.78. The Hall–Kier alpha value is -12.9. The Balaban J connectivity index is 0.731. The molecule has 0 amide bonds. The monoisotopic (exact) mass is 1330 g/mol. The number of aromatic nitrogens is 3. The Labute approximate surface area is 599 Å². The van der Waals surface area contributed by atoms with Crippen LogP contribution in [0.3, 0.4) is 0 Å². The molecular formula is C99H63N3S. The van der Waals surface area contributed by atoms with E-state index in [9.17, 15) is 0 Å². The van der Waals surface area contributed by atoms with Crippen molar-refractivity contribution in [1.29, 1.82) is 0 Å². The minimum Gasteiger partial charge on any atom is -0.296 e. The van der Waals surface area contributed by atoms with Crippen molar-refractivity contribution >= 4 is 134 Å². The molecule has 0 fully saturated rings. The number of imidazole rings is 1. The fourth-order valence-corrected chi connectivity index (χ4v) is 18.1. The first-order chi connectivity index (χ1) is 50.9. The first-order valence-electron chi connectivity index (χ1n) is 35.7. The molecule has 3 heterocycles. The normalized spacial score (nSPS) is 13.4. The average Bonchev–Trinajstić information content (AvgIpc) is 1.38. The Morgan fingerprint density at radius 1 is 0.320 bits per heavy atom. The number of nitrogens with zero attached hydrogens (tertiary/aromatic N) is 3. The van der Waals surface area contributed by atoms with Gasteiger partial charge in [0.15, 0.2) is 0 Å². The van der Waals surface area contributed by atoms with Gasteiger partial charge in [0.1, 0.15) is 5.82 Å². The summed E-state index contributed by atoms with van der Waals surface area (Å²) >= 11 is 1.84. The first-order valence-corrected chi connectivity index (χ1v) is 36.5. The fraction of sp³-hybridized carbons (Fsp3) is 0.0303. The smallest absolute Gasteiger partial charge is 0.145 e. The van der Waals surface area contributed by atoms with E-state index >= 15 is 0 Å². The second kappa shape index (κ2) is 23.6. The van der Waals surface area contributed by atoms with Crippen molar-refractivity contribution in [2.45, 2.75) is 13.3 Å². The molecule has 20 aromatic rings. The third-order valence-corrected chi connectivity index (χ3v) is 23.1. The van der Waals surface area contributed by atoms with E-state index in [0.717, 1.165) is 56.8 Å². The van der Waals surface area contributed by atoms with Crippen molar-refractivity contribution in [3.05, 3.63) is 346 Å². The average molecular weight is 1330 g/mol. The van der Waals surface area contributed by atoms with E-state index in [4.69, 9.17) is 9.97 Å². The largest absolute Gasteiger partial charge is 0.296 e. The summed E-state index contributed by atoms with van der Waals surface area (Å²) in [4.78, 5) is 10.6. The predicted octanol–water partition coefficient (Wildman–Crippen LogP) is 27.8. The zero-order chi connectivity index (χ0) is 67.8. The van der Waals surface area contributed by atoms with Crippen molar-refractivity contribution in [2.75, 3.05) is 0 Å². The van der Waals surface area contributed by atoms with Crippen molar-refractivity contribution < 1.29 is 0 Å². The first kappa shape index (κ1) is 59.0. The number of allylic oxidation sites excluding steroid dienone is 4. The molecule has 0 saturated carbocycles. The van der Waals surface area contributed by atoms with Crippen LogP contribution in [-0.4, -0.2) is 14.5 Å². The van der Waals surface area contributed by atoms with E-state index in [0.29, 0.717) is 5.92 Å². The lowest BCUT2D eigenvalue weighted by Crippen LogP contribution is -2.05. The maximum Gasteiger partial charge on any atom is 0.145 e. The molecule has 3 nitrogen and oxygen atoms in total. The summed E-state index contributed by atoms with van der Waals surface area (Å²) in [6.45, 7) is 2.29. The number of hydrogen-bond acceptors (Lipinski definition) is 3. The third-order valence-electron chi connectivity index (χ3n) is 21.9. The van der Waals surface area contributed by atoms with Crippen molar-refractivity contribution in [2.24, 2.45) is 5.92 Å². The maximum absolute atomic E-state index is 5.31. The Morgan fingerprint density at radius 2 is 0.718 bits per heavy atom. The number of pyridine rings is 1. The lowest BCUT2D eigenvalue weighted by Gasteiger charge is -2.20. The van der Waals surface area contributed by atoms with E-state index in [2.05, 4.69) is 351 Å². The lowest BCUT2D eigenvalue weighted by molar-refractivity contribution is 0.727. The summed E-state index contributed by atoms with van der Waals surface area (Å²) in [5.74, 6) is 1.41. The van der Waals surface area contributed by atoms with Crippen LogP contribution in [0.15, 0.2) is 346 Å². The van der Waals surface area contributed by atoms with Crippen LogP contribution in [0.5, 0.6) is 0 Å². The molecular weight excluding hydrogens is 1260 g/mol. The van der Waals surface area contributed by atoms with Crippen LogP contribution in [-0.2, 0) is 0 Å². The summed E-state index contributed by atoms with van der Waals surface area (Å²) in [6.07, 6.45) is 9.71. The molecule has 0 spiro atoms. The lowest BCUT2D eigenvalue weighted by atomic mass is 9.83. The molecule has 21 rings (SSSR count). The molecule has 0 bridgehead atoms. The Kier molecular flexibility index (Phi) is 13.6. The summed E-state index contributed by atoms with van der Waals surface area (Å²) in [7, 11) is 0. The van der Waals surface area contributed by atoms with Gasteiger partial charge in [-0.3, -0.25) is 9.55 Å². The molecule has 1 aliphatic carbocycles. The highest BCUT2D eigenvalue weighted by Gasteiger charge is 2.25. The highest BCUT2D eigenvalue weighted by molar-refractivity contribution is 7.26. The molecule has 0 radical (unpaired) electrons. The van der Waals surface area contributed by atoms with Crippen LogP contribution in [0, 0.1) is 5.92 Å². The van der Waals surface area contributed by atoms with Gasteiger partial charge in [-0.05, 0) is 244 Å².